The Morgan fingerprint density at radius 2 is 2.15 bits per heavy atom. The van der Waals surface area contributed by atoms with Crippen LogP contribution in [0.3, 0.4) is 0 Å². The molecule has 2 N–H and O–H groups in total. The molecule has 4 nitrogen and oxygen atoms in total. The van der Waals surface area contributed by atoms with Crippen LogP contribution in [0.2, 0.25) is 0 Å². The average molecular weight is 280 g/mol. The van der Waals surface area contributed by atoms with Crippen LogP contribution in [0.15, 0.2) is 12.1 Å². The second kappa shape index (κ2) is 5.01. The summed E-state index contributed by atoms with van der Waals surface area (Å²) in [4.78, 5) is 6.36. The van der Waals surface area contributed by atoms with Crippen molar-refractivity contribution in [3.05, 3.63) is 23.8 Å². The van der Waals surface area contributed by atoms with E-state index in [9.17, 15) is 8.78 Å². The second-order valence-corrected chi connectivity index (χ2v) is 5.44. The maximum Gasteiger partial charge on any atom is 0.201 e. The van der Waals surface area contributed by atoms with Gasteiger partial charge in [0.2, 0.25) is 5.95 Å². The number of aromatic nitrogens is 2. The van der Waals surface area contributed by atoms with Gasteiger partial charge < -0.3 is 15.2 Å². The topological polar surface area (TPSA) is 47.1 Å². The Labute approximate surface area is 116 Å². The third-order valence-electron chi connectivity index (χ3n) is 4.14. The summed E-state index contributed by atoms with van der Waals surface area (Å²) in [5, 5.41) is 0. The van der Waals surface area contributed by atoms with Crippen molar-refractivity contribution < 1.29 is 8.78 Å². The van der Waals surface area contributed by atoms with Crippen LogP contribution in [-0.4, -0.2) is 34.1 Å². The molecule has 0 radical (unpaired) electrons. The first kappa shape index (κ1) is 13.3. The molecule has 108 valence electrons. The van der Waals surface area contributed by atoms with Crippen LogP contribution in [0, 0.1) is 11.6 Å². The Balaban J connectivity index is 2.02. The monoisotopic (exact) mass is 280 g/mol. The number of fused-ring (bicyclic) bond motifs is 1. The third-order valence-corrected chi connectivity index (χ3v) is 4.14. The molecule has 0 bridgehead atoms. The van der Waals surface area contributed by atoms with Crippen molar-refractivity contribution >= 4 is 17.0 Å². The minimum atomic E-state index is -0.870. The highest BCUT2D eigenvalue weighted by molar-refractivity contribution is 5.79. The van der Waals surface area contributed by atoms with E-state index >= 15 is 0 Å². The Kier molecular flexibility index (Phi) is 3.33. The van der Waals surface area contributed by atoms with E-state index in [1.165, 1.54) is 12.5 Å². The standard InChI is InChI=1S/C14H18F2N4/c1-19-7-3-2-4-9(19)8-20-13-11(18-14(20)17)6-5-10(15)12(13)16/h5-6,9H,2-4,7-8H2,1H3,(H2,17,18). The van der Waals surface area contributed by atoms with Crippen LogP contribution in [0.5, 0.6) is 0 Å². The molecule has 1 atom stereocenters. The molecule has 1 aromatic heterocycles. The third kappa shape index (κ3) is 2.14. The summed E-state index contributed by atoms with van der Waals surface area (Å²) in [5.74, 6) is -1.50. The van der Waals surface area contributed by atoms with Gasteiger partial charge in [0.05, 0.1) is 5.52 Å². The normalized spacial score (nSPS) is 20.6. The molecule has 1 saturated heterocycles. The van der Waals surface area contributed by atoms with E-state index in [-0.39, 0.29) is 17.5 Å². The highest BCUT2D eigenvalue weighted by Gasteiger charge is 2.23. The quantitative estimate of drug-likeness (QED) is 0.918. The van der Waals surface area contributed by atoms with Crippen molar-refractivity contribution in [1.82, 2.24) is 14.5 Å². The van der Waals surface area contributed by atoms with Gasteiger partial charge in [-0.25, -0.2) is 13.8 Å². The maximum absolute atomic E-state index is 14.0. The minimum absolute atomic E-state index is 0.168. The first-order valence-electron chi connectivity index (χ1n) is 6.88. The number of piperidine rings is 1. The molecular formula is C14H18F2N4. The fourth-order valence-electron chi connectivity index (χ4n) is 2.95. The summed E-state index contributed by atoms with van der Waals surface area (Å²) in [5.41, 5.74) is 6.45. The number of nitrogen functional groups attached to an aromatic ring is 1. The van der Waals surface area contributed by atoms with Crippen molar-refractivity contribution in [3.63, 3.8) is 0 Å². The number of imidazole rings is 1. The fourth-order valence-corrected chi connectivity index (χ4v) is 2.95. The number of hydrogen-bond donors (Lipinski definition) is 1. The van der Waals surface area contributed by atoms with E-state index in [0.29, 0.717) is 12.1 Å². The van der Waals surface area contributed by atoms with Gasteiger partial charge in [-0.1, -0.05) is 6.42 Å². The number of halogens is 2. The first-order valence-corrected chi connectivity index (χ1v) is 6.88. The lowest BCUT2D eigenvalue weighted by Gasteiger charge is -2.32. The van der Waals surface area contributed by atoms with E-state index in [2.05, 4.69) is 16.9 Å². The van der Waals surface area contributed by atoms with Gasteiger partial charge in [-0.15, -0.1) is 0 Å². The number of nitrogens with two attached hydrogens (primary N) is 1. The van der Waals surface area contributed by atoms with Crippen LogP contribution in [0.4, 0.5) is 14.7 Å². The molecule has 1 aliphatic rings. The molecule has 1 aliphatic heterocycles. The zero-order valence-corrected chi connectivity index (χ0v) is 11.4. The maximum atomic E-state index is 14.0. The number of anilines is 1. The Bertz CT molecular complexity index is 638. The smallest absolute Gasteiger partial charge is 0.201 e. The molecule has 0 aliphatic carbocycles. The molecule has 0 spiro atoms. The number of nitrogens with zero attached hydrogens (tertiary/aromatic N) is 3. The molecule has 0 amide bonds. The lowest BCUT2D eigenvalue weighted by atomic mass is 10.0. The molecule has 2 heterocycles. The summed E-state index contributed by atoms with van der Waals surface area (Å²) in [7, 11) is 2.05. The predicted molar refractivity (Wildman–Crippen MR) is 74.3 cm³/mol. The van der Waals surface area contributed by atoms with Gasteiger partial charge in [0.25, 0.3) is 0 Å². The van der Waals surface area contributed by atoms with Gasteiger partial charge in [-0.2, -0.15) is 0 Å². The van der Waals surface area contributed by atoms with Crippen LogP contribution in [0.25, 0.3) is 11.0 Å². The molecule has 1 fully saturated rings. The number of rotatable bonds is 2. The molecule has 3 rings (SSSR count). The summed E-state index contributed by atoms with van der Waals surface area (Å²) in [6.45, 7) is 1.56. The summed E-state index contributed by atoms with van der Waals surface area (Å²) >= 11 is 0. The van der Waals surface area contributed by atoms with Gasteiger partial charge in [-0.05, 0) is 38.6 Å². The van der Waals surface area contributed by atoms with Crippen LogP contribution >= 0.6 is 0 Å². The largest absolute Gasteiger partial charge is 0.369 e. The lowest BCUT2D eigenvalue weighted by molar-refractivity contribution is 0.169. The molecule has 1 aromatic carbocycles. The first-order chi connectivity index (χ1) is 9.58. The van der Waals surface area contributed by atoms with E-state index in [0.717, 1.165) is 25.5 Å². The number of benzene rings is 1. The van der Waals surface area contributed by atoms with Crippen molar-refractivity contribution in [1.29, 1.82) is 0 Å². The summed E-state index contributed by atoms with van der Waals surface area (Å²) in [6, 6.07) is 2.83. The fraction of sp³-hybridized carbons (Fsp3) is 0.500. The highest BCUT2D eigenvalue weighted by atomic mass is 19.2. The van der Waals surface area contributed by atoms with Gasteiger partial charge in [0.15, 0.2) is 11.6 Å². The van der Waals surface area contributed by atoms with Crippen LogP contribution in [0.1, 0.15) is 19.3 Å². The van der Waals surface area contributed by atoms with Gasteiger partial charge in [-0.3, -0.25) is 0 Å². The molecule has 0 saturated carbocycles. The molecule has 20 heavy (non-hydrogen) atoms. The minimum Gasteiger partial charge on any atom is -0.369 e. The molecule has 6 heteroatoms. The lowest BCUT2D eigenvalue weighted by Crippen LogP contribution is -2.39. The summed E-state index contributed by atoms with van der Waals surface area (Å²) in [6.07, 6.45) is 3.36. The highest BCUT2D eigenvalue weighted by Crippen LogP contribution is 2.25. The van der Waals surface area contributed by atoms with E-state index in [1.807, 2.05) is 0 Å². The van der Waals surface area contributed by atoms with Crippen molar-refractivity contribution in [2.75, 3.05) is 19.3 Å². The second-order valence-electron chi connectivity index (χ2n) is 5.44. The van der Waals surface area contributed by atoms with E-state index in [4.69, 9.17) is 5.73 Å². The Morgan fingerprint density at radius 1 is 1.35 bits per heavy atom. The number of hydrogen-bond acceptors (Lipinski definition) is 3. The van der Waals surface area contributed by atoms with Crippen LogP contribution in [-0.2, 0) is 6.54 Å². The van der Waals surface area contributed by atoms with Crippen molar-refractivity contribution in [3.8, 4) is 0 Å². The Morgan fingerprint density at radius 3 is 2.90 bits per heavy atom. The molecular weight excluding hydrogens is 262 g/mol. The number of likely N-dealkylation sites (N-methyl/N-ethyl adjacent to an activating group) is 1. The van der Waals surface area contributed by atoms with E-state index in [1.54, 1.807) is 4.57 Å². The molecule has 1 unspecified atom stereocenters. The summed E-state index contributed by atoms with van der Waals surface area (Å²) < 4.78 is 29.0. The SMILES string of the molecule is CN1CCCCC1Cn1c(N)nc2ccc(F)c(F)c21. The predicted octanol–water partition coefficient (Wildman–Crippen LogP) is 2.38. The average Bonchev–Trinajstić information content (AvgIpc) is 2.74. The Hall–Kier alpha value is -1.69. The molecule has 2 aromatic rings. The van der Waals surface area contributed by atoms with Gasteiger partial charge in [0, 0.05) is 12.6 Å². The van der Waals surface area contributed by atoms with Gasteiger partial charge >= 0.3 is 0 Å². The zero-order chi connectivity index (χ0) is 14.3. The van der Waals surface area contributed by atoms with Gasteiger partial charge in [0.1, 0.15) is 5.52 Å². The van der Waals surface area contributed by atoms with Crippen molar-refractivity contribution in [2.45, 2.75) is 31.8 Å². The van der Waals surface area contributed by atoms with Crippen LogP contribution < -0.4 is 5.73 Å². The number of likely N-dealkylation sites (tertiary alicyclic amines) is 1. The zero-order valence-electron chi connectivity index (χ0n) is 11.4. The van der Waals surface area contributed by atoms with Crippen molar-refractivity contribution in [2.24, 2.45) is 0 Å². The van der Waals surface area contributed by atoms with E-state index < -0.39 is 11.6 Å².